The maximum Gasteiger partial charge on any atom is 0.254 e. The molecule has 0 radical (unpaired) electrons. The monoisotopic (exact) mass is 485 g/mol. The van der Waals surface area contributed by atoms with Crippen molar-refractivity contribution in [3.05, 3.63) is 35.6 Å². The van der Waals surface area contributed by atoms with Crippen LogP contribution in [0, 0.1) is 46.7 Å². The van der Waals surface area contributed by atoms with Crippen LogP contribution in [0.2, 0.25) is 0 Å². The topological polar surface area (TPSA) is 58.6 Å². The smallest absolute Gasteiger partial charge is 0.254 e. The molecule has 9 atom stereocenters. The summed E-state index contributed by atoms with van der Waals surface area (Å²) in [6.45, 7) is 7.76. The van der Waals surface area contributed by atoms with Crippen LogP contribution in [0.25, 0.3) is 0 Å². The van der Waals surface area contributed by atoms with E-state index in [2.05, 4.69) is 19.2 Å². The van der Waals surface area contributed by atoms with E-state index in [1.54, 1.807) is 18.2 Å². The predicted octanol–water partition coefficient (Wildman–Crippen LogP) is 5.98. The van der Waals surface area contributed by atoms with Crippen molar-refractivity contribution in [1.29, 1.82) is 0 Å². The number of benzene rings is 1. The molecule has 0 saturated heterocycles. The first-order valence-electron chi connectivity index (χ1n) is 14.1. The molecule has 4 nitrogen and oxygen atoms in total. The number of carbonyl (C=O) groups is 1. The van der Waals surface area contributed by atoms with Gasteiger partial charge < -0.3 is 15.2 Å². The minimum Gasteiger partial charge on any atom is -0.387 e. The molecule has 1 aromatic rings. The number of ether oxygens (including phenoxy) is 1. The third kappa shape index (κ3) is 4.56. The van der Waals surface area contributed by atoms with Gasteiger partial charge in [-0.1, -0.05) is 19.1 Å². The molecule has 4 aliphatic carbocycles. The van der Waals surface area contributed by atoms with E-state index in [4.69, 9.17) is 4.74 Å². The first-order chi connectivity index (χ1) is 16.8. The second-order valence-corrected chi connectivity index (χ2v) is 12.5. The van der Waals surface area contributed by atoms with Crippen molar-refractivity contribution < 1.29 is 19.0 Å². The summed E-state index contributed by atoms with van der Waals surface area (Å²) in [4.78, 5) is 12.8. The van der Waals surface area contributed by atoms with Crippen LogP contribution in [0.15, 0.2) is 24.3 Å². The molecule has 4 saturated carbocycles. The summed E-state index contributed by atoms with van der Waals surface area (Å²) in [5.74, 6) is 3.34. The number of rotatable bonds is 6. The Labute approximate surface area is 210 Å². The molecule has 0 spiro atoms. The molecule has 4 aliphatic rings. The van der Waals surface area contributed by atoms with E-state index in [-0.39, 0.29) is 22.9 Å². The van der Waals surface area contributed by atoms with Gasteiger partial charge in [0.25, 0.3) is 5.91 Å². The van der Waals surface area contributed by atoms with Crippen LogP contribution in [0.5, 0.6) is 0 Å². The van der Waals surface area contributed by atoms with Gasteiger partial charge in [0.1, 0.15) is 5.82 Å². The zero-order valence-electron chi connectivity index (χ0n) is 21.8. The highest BCUT2D eigenvalue weighted by atomic mass is 19.1. The van der Waals surface area contributed by atoms with Crippen molar-refractivity contribution in [2.45, 2.75) is 90.2 Å². The van der Waals surface area contributed by atoms with Gasteiger partial charge in [0, 0.05) is 12.6 Å². The zero-order chi connectivity index (χ0) is 24.8. The first-order valence-corrected chi connectivity index (χ1v) is 14.1. The van der Waals surface area contributed by atoms with Gasteiger partial charge in [-0.2, -0.15) is 0 Å². The lowest BCUT2D eigenvalue weighted by molar-refractivity contribution is -0.128. The highest BCUT2D eigenvalue weighted by molar-refractivity contribution is 5.94. The number of hydrogen-bond acceptors (Lipinski definition) is 3. The Bertz CT molecular complexity index is 923. The Balaban J connectivity index is 1.25. The summed E-state index contributed by atoms with van der Waals surface area (Å²) in [6, 6.07) is 6.30. The summed E-state index contributed by atoms with van der Waals surface area (Å²) in [5.41, 5.74) is -0.250. The molecule has 1 unspecified atom stereocenters. The Morgan fingerprint density at radius 2 is 1.89 bits per heavy atom. The van der Waals surface area contributed by atoms with Crippen molar-refractivity contribution in [3.8, 4) is 0 Å². The van der Waals surface area contributed by atoms with Gasteiger partial charge in [-0.15, -0.1) is 0 Å². The molecule has 5 rings (SSSR count). The Hall–Kier alpha value is -1.46. The molecule has 2 N–H and O–H groups in total. The number of fused-ring (bicyclic) bond motifs is 5. The van der Waals surface area contributed by atoms with Gasteiger partial charge in [0.2, 0.25) is 0 Å². The van der Waals surface area contributed by atoms with Gasteiger partial charge in [0.15, 0.2) is 0 Å². The van der Waals surface area contributed by atoms with Crippen molar-refractivity contribution in [2.24, 2.45) is 40.9 Å². The molecule has 0 bridgehead atoms. The van der Waals surface area contributed by atoms with E-state index in [9.17, 15) is 14.3 Å². The Morgan fingerprint density at radius 3 is 2.66 bits per heavy atom. The van der Waals surface area contributed by atoms with Crippen molar-refractivity contribution >= 4 is 5.91 Å². The largest absolute Gasteiger partial charge is 0.387 e. The highest BCUT2D eigenvalue weighted by Crippen LogP contribution is 2.65. The maximum absolute atomic E-state index is 14.2. The lowest BCUT2D eigenvalue weighted by Gasteiger charge is -2.57. The standard InChI is InChI=1S/C30H44FNO3/c1-4-35-18-30(34)16-14-21-20(17-30)9-10-23-22(21)13-15-29(3)25(11-12-26(23)29)19(2)32-28(33)24-7-5-6-8-27(24)31/h5-8,19-23,25-26,34H,4,9-18H2,1-3H3,(H,32,33)/t19?,20-,21+,22-,23-,25-,26+,29-,30-/m1/s1. The van der Waals surface area contributed by atoms with Gasteiger partial charge in [-0.25, -0.2) is 4.39 Å². The normalized spacial score (nSPS) is 41.4. The van der Waals surface area contributed by atoms with E-state index in [0.29, 0.717) is 31.0 Å². The third-order valence-corrected chi connectivity index (χ3v) is 10.8. The van der Waals surface area contributed by atoms with E-state index < -0.39 is 11.4 Å². The van der Waals surface area contributed by atoms with Crippen LogP contribution < -0.4 is 5.32 Å². The van der Waals surface area contributed by atoms with Crippen molar-refractivity contribution in [1.82, 2.24) is 5.32 Å². The summed E-state index contributed by atoms with van der Waals surface area (Å²) in [7, 11) is 0. The average Bonchev–Trinajstić information content (AvgIpc) is 3.20. The number of halogens is 1. The summed E-state index contributed by atoms with van der Waals surface area (Å²) >= 11 is 0. The van der Waals surface area contributed by atoms with E-state index >= 15 is 0 Å². The molecule has 0 aromatic heterocycles. The summed E-state index contributed by atoms with van der Waals surface area (Å²) < 4.78 is 19.8. The minimum absolute atomic E-state index is 0.0354. The number of hydrogen-bond donors (Lipinski definition) is 2. The van der Waals surface area contributed by atoms with Crippen LogP contribution in [0.3, 0.4) is 0 Å². The minimum atomic E-state index is -0.627. The second-order valence-electron chi connectivity index (χ2n) is 12.5. The highest BCUT2D eigenvalue weighted by Gasteiger charge is 2.58. The SMILES string of the molecule is CCOC[C@@]1(O)CC[C@H]2[C@H](CC[C@@H]3[C@@H]2CC[C@]2(C)[C@@H](C(C)NC(=O)c4ccccc4F)CC[C@@H]32)C1. The number of nitrogens with one attached hydrogen (secondary N) is 1. The maximum atomic E-state index is 14.2. The number of carbonyl (C=O) groups excluding carboxylic acids is 1. The zero-order valence-corrected chi connectivity index (χ0v) is 21.8. The molecule has 1 amide bonds. The van der Waals surface area contributed by atoms with Crippen LogP contribution in [0.1, 0.15) is 88.9 Å². The van der Waals surface area contributed by atoms with Gasteiger partial charge >= 0.3 is 0 Å². The first kappa shape index (κ1) is 25.2. The number of aliphatic hydroxyl groups is 1. The molecule has 1 aromatic carbocycles. The molecule has 0 heterocycles. The summed E-state index contributed by atoms with van der Waals surface area (Å²) in [5, 5.41) is 14.3. The lowest BCUT2D eigenvalue weighted by Crippen LogP contribution is -2.53. The predicted molar refractivity (Wildman–Crippen MR) is 135 cm³/mol. The fourth-order valence-electron chi connectivity index (χ4n) is 9.28. The average molecular weight is 486 g/mol. The van der Waals surface area contributed by atoms with Gasteiger partial charge in [0.05, 0.1) is 17.8 Å². The van der Waals surface area contributed by atoms with E-state index in [1.807, 2.05) is 6.92 Å². The van der Waals surface area contributed by atoms with E-state index in [1.165, 1.54) is 38.2 Å². The van der Waals surface area contributed by atoms with Crippen LogP contribution in [-0.2, 0) is 4.74 Å². The van der Waals surface area contributed by atoms with Crippen LogP contribution in [-0.4, -0.2) is 35.9 Å². The quantitative estimate of drug-likeness (QED) is 0.521. The molecular formula is C30H44FNO3. The summed E-state index contributed by atoms with van der Waals surface area (Å²) in [6.07, 6.45) is 10.3. The molecule has 0 aliphatic heterocycles. The lowest BCUT2D eigenvalue weighted by atomic mass is 9.48. The van der Waals surface area contributed by atoms with Crippen LogP contribution >= 0.6 is 0 Å². The fraction of sp³-hybridized carbons (Fsp3) is 0.767. The number of amides is 1. The third-order valence-electron chi connectivity index (χ3n) is 10.8. The van der Waals surface area contributed by atoms with Gasteiger partial charge in [-0.05, 0) is 125 Å². The second kappa shape index (κ2) is 9.78. The molecule has 5 heteroatoms. The van der Waals surface area contributed by atoms with Crippen molar-refractivity contribution in [3.63, 3.8) is 0 Å². The van der Waals surface area contributed by atoms with Crippen LogP contribution in [0.4, 0.5) is 4.39 Å². The molecule has 4 fully saturated rings. The van der Waals surface area contributed by atoms with Gasteiger partial charge in [-0.3, -0.25) is 4.79 Å². The van der Waals surface area contributed by atoms with E-state index in [0.717, 1.165) is 43.4 Å². The molecule has 194 valence electrons. The van der Waals surface area contributed by atoms with Crippen molar-refractivity contribution in [2.75, 3.05) is 13.2 Å². The Morgan fingerprint density at radius 1 is 1.11 bits per heavy atom. The Kier molecular flexibility index (Phi) is 7.04. The molecule has 35 heavy (non-hydrogen) atoms. The fourth-order valence-corrected chi connectivity index (χ4v) is 9.28. The molecular weight excluding hydrogens is 441 g/mol.